The van der Waals surface area contributed by atoms with E-state index in [1.807, 2.05) is 13.8 Å². The molecule has 0 aliphatic carbocycles. The van der Waals surface area contributed by atoms with E-state index in [-0.39, 0.29) is 0 Å². The van der Waals surface area contributed by atoms with Crippen molar-refractivity contribution in [3.63, 3.8) is 0 Å². The summed E-state index contributed by atoms with van der Waals surface area (Å²) < 4.78 is 0. The standard InChI is InChI=1S/C31H39ClN4OS2/c1-9-13-27(14-12-17-32)36(20-37)31(38-19-24(7)33-26(11-3)16-15-21(4)10-2)35-29-25(8)39-30-28(29)22(5)18-23(6)34-30/h9,12-16,18,20,33H,1,7,10-11,17,19H2,2-6,8H3/b14-12-,21-15-,26-16+,27-13+,35-31?. The predicted octanol–water partition coefficient (Wildman–Crippen LogP) is 9.02. The first-order valence-corrected chi connectivity index (χ1v) is 15.2. The largest absolute Gasteiger partial charge is 0.362 e. The number of amides is 1. The molecule has 0 fully saturated rings. The molecule has 0 saturated heterocycles. The SMILES string of the molecule is C=C/C=C(\C=C/CCl)N(C=O)C(=Nc1c(C)sc2nc(C)cc(C)c12)SCC(=C)N/C(=C/C=C(/C)CC)CC. The van der Waals surface area contributed by atoms with Crippen molar-refractivity contribution in [3.05, 3.63) is 94.5 Å². The van der Waals surface area contributed by atoms with E-state index in [1.165, 1.54) is 22.2 Å². The molecule has 0 aliphatic rings. The lowest BCUT2D eigenvalue weighted by Crippen LogP contribution is -2.27. The molecule has 0 aliphatic heterocycles. The number of carbonyl (C=O) groups is 1. The molecule has 0 spiro atoms. The Labute approximate surface area is 246 Å². The van der Waals surface area contributed by atoms with Crippen molar-refractivity contribution in [1.82, 2.24) is 15.2 Å². The van der Waals surface area contributed by atoms with Crippen LogP contribution in [0.5, 0.6) is 0 Å². The number of aliphatic imine (C=N–C) groups is 1. The molecule has 0 unspecified atom stereocenters. The third-order valence-corrected chi connectivity index (χ3v) is 8.02. The zero-order chi connectivity index (χ0) is 28.9. The Morgan fingerprint density at radius 2 is 1.97 bits per heavy atom. The molecular weight excluding hydrogens is 544 g/mol. The first-order chi connectivity index (χ1) is 18.7. The number of aromatic nitrogens is 1. The van der Waals surface area contributed by atoms with Gasteiger partial charge in [0.15, 0.2) is 5.17 Å². The van der Waals surface area contributed by atoms with Crippen molar-refractivity contribution in [2.45, 2.75) is 54.4 Å². The Hall–Kier alpha value is -2.87. The van der Waals surface area contributed by atoms with Crippen molar-refractivity contribution < 1.29 is 4.79 Å². The fourth-order valence-corrected chi connectivity index (χ4v) is 5.65. The Balaban J connectivity index is 2.54. The normalized spacial score (nSPS) is 13.3. The summed E-state index contributed by atoms with van der Waals surface area (Å²) in [5.41, 5.74) is 6.71. The molecule has 5 nitrogen and oxygen atoms in total. The van der Waals surface area contributed by atoms with Gasteiger partial charge in [0.1, 0.15) is 4.83 Å². The summed E-state index contributed by atoms with van der Waals surface area (Å²) >= 11 is 8.95. The molecule has 1 amide bonds. The van der Waals surface area contributed by atoms with Crippen LogP contribution in [-0.4, -0.2) is 33.1 Å². The van der Waals surface area contributed by atoms with Crippen molar-refractivity contribution >= 4 is 62.2 Å². The van der Waals surface area contributed by atoms with Gasteiger partial charge in [-0.25, -0.2) is 9.98 Å². The van der Waals surface area contributed by atoms with Crippen LogP contribution in [-0.2, 0) is 4.79 Å². The minimum absolute atomic E-state index is 0.318. The van der Waals surface area contributed by atoms with Crippen molar-refractivity contribution in [3.8, 4) is 0 Å². The monoisotopic (exact) mass is 582 g/mol. The van der Waals surface area contributed by atoms with E-state index >= 15 is 0 Å². The number of amidine groups is 1. The van der Waals surface area contributed by atoms with Crippen LogP contribution < -0.4 is 5.32 Å². The molecule has 0 saturated carbocycles. The molecule has 2 aromatic heterocycles. The lowest BCUT2D eigenvalue weighted by molar-refractivity contribution is -0.113. The zero-order valence-corrected chi connectivity index (χ0v) is 26.2. The van der Waals surface area contributed by atoms with Crippen LogP contribution in [0, 0.1) is 20.8 Å². The summed E-state index contributed by atoms with van der Waals surface area (Å²) in [5, 5.41) is 4.96. The number of rotatable bonds is 13. The summed E-state index contributed by atoms with van der Waals surface area (Å²) in [4.78, 5) is 25.8. The number of hydrogen-bond donors (Lipinski definition) is 1. The van der Waals surface area contributed by atoms with Crippen LogP contribution in [0.25, 0.3) is 10.2 Å². The van der Waals surface area contributed by atoms with Crippen molar-refractivity contribution in [1.29, 1.82) is 0 Å². The molecule has 0 radical (unpaired) electrons. The fourth-order valence-electron chi connectivity index (χ4n) is 3.66. The van der Waals surface area contributed by atoms with Gasteiger partial charge in [0.05, 0.1) is 11.4 Å². The number of allylic oxidation sites excluding steroid dienone is 8. The first kappa shape index (κ1) is 32.3. The molecule has 0 atom stereocenters. The van der Waals surface area contributed by atoms with E-state index in [4.69, 9.17) is 21.6 Å². The molecule has 0 aromatic carbocycles. The highest BCUT2D eigenvalue weighted by molar-refractivity contribution is 8.14. The lowest BCUT2D eigenvalue weighted by Gasteiger charge is -2.21. The van der Waals surface area contributed by atoms with E-state index in [1.54, 1.807) is 35.6 Å². The molecule has 2 aromatic rings. The fraction of sp³-hybridized carbons (Fsp3) is 0.323. The number of aryl methyl sites for hydroxylation is 3. The summed E-state index contributed by atoms with van der Waals surface area (Å²) in [6.07, 6.45) is 13.8. The molecule has 208 valence electrons. The van der Waals surface area contributed by atoms with Crippen LogP contribution in [0.3, 0.4) is 0 Å². The number of thiophene rings is 1. The van der Waals surface area contributed by atoms with Crippen molar-refractivity contribution in [2.75, 3.05) is 11.6 Å². The predicted molar refractivity (Wildman–Crippen MR) is 174 cm³/mol. The van der Waals surface area contributed by atoms with Gasteiger partial charge in [-0.1, -0.05) is 62.6 Å². The van der Waals surface area contributed by atoms with Gasteiger partial charge in [-0.15, -0.1) is 22.9 Å². The minimum atomic E-state index is 0.318. The van der Waals surface area contributed by atoms with E-state index in [0.717, 1.165) is 62.7 Å². The van der Waals surface area contributed by atoms with E-state index in [2.05, 4.69) is 64.4 Å². The van der Waals surface area contributed by atoms with Gasteiger partial charge in [0.2, 0.25) is 6.41 Å². The molecule has 1 N–H and O–H groups in total. The Morgan fingerprint density at radius 1 is 1.23 bits per heavy atom. The van der Waals surface area contributed by atoms with Crippen molar-refractivity contribution in [2.24, 2.45) is 4.99 Å². The number of carbonyl (C=O) groups excluding carboxylic acids is 1. The van der Waals surface area contributed by atoms with Gasteiger partial charge in [-0.05, 0) is 70.4 Å². The van der Waals surface area contributed by atoms with Crippen LogP contribution >= 0.6 is 34.7 Å². The topological polar surface area (TPSA) is 57.6 Å². The smallest absolute Gasteiger partial charge is 0.220 e. The maximum absolute atomic E-state index is 12.5. The minimum Gasteiger partial charge on any atom is -0.362 e. The van der Waals surface area contributed by atoms with E-state index < -0.39 is 0 Å². The average Bonchev–Trinajstić information content (AvgIpc) is 3.22. The third kappa shape index (κ3) is 9.38. The summed E-state index contributed by atoms with van der Waals surface area (Å²) in [7, 11) is 0. The van der Waals surface area contributed by atoms with Gasteiger partial charge in [-0.2, -0.15) is 0 Å². The maximum atomic E-state index is 12.5. The lowest BCUT2D eigenvalue weighted by atomic mass is 10.1. The number of pyridine rings is 1. The zero-order valence-electron chi connectivity index (χ0n) is 23.8. The second kappa shape index (κ2) is 16.3. The summed E-state index contributed by atoms with van der Waals surface area (Å²) in [6, 6.07) is 2.06. The van der Waals surface area contributed by atoms with E-state index in [9.17, 15) is 4.79 Å². The van der Waals surface area contributed by atoms with Crippen LogP contribution in [0.15, 0.2) is 83.3 Å². The molecule has 8 heteroatoms. The van der Waals surface area contributed by atoms with Gasteiger partial charge in [0, 0.05) is 39.0 Å². The Kier molecular flexibility index (Phi) is 13.5. The summed E-state index contributed by atoms with van der Waals surface area (Å²) in [5.74, 6) is 0.827. The highest BCUT2D eigenvalue weighted by Gasteiger charge is 2.19. The van der Waals surface area contributed by atoms with Gasteiger partial charge in [-0.3, -0.25) is 9.69 Å². The average molecular weight is 583 g/mol. The second-order valence-corrected chi connectivity index (χ2v) is 11.4. The number of nitrogens with one attached hydrogen (secondary N) is 1. The molecule has 2 heterocycles. The van der Waals surface area contributed by atoms with Crippen LogP contribution in [0.2, 0.25) is 0 Å². The Bertz CT molecular complexity index is 1350. The number of hydrogen-bond acceptors (Lipinski definition) is 6. The van der Waals surface area contributed by atoms with E-state index in [0.29, 0.717) is 22.5 Å². The number of halogens is 1. The number of thioether (sulfide) groups is 1. The summed E-state index contributed by atoms with van der Waals surface area (Å²) in [6.45, 7) is 20.5. The van der Waals surface area contributed by atoms with Gasteiger partial charge in [0.25, 0.3) is 0 Å². The highest BCUT2D eigenvalue weighted by Crippen LogP contribution is 2.39. The maximum Gasteiger partial charge on any atom is 0.220 e. The molecule has 39 heavy (non-hydrogen) atoms. The van der Waals surface area contributed by atoms with Crippen LogP contribution in [0.1, 0.15) is 49.7 Å². The van der Waals surface area contributed by atoms with Gasteiger partial charge < -0.3 is 5.32 Å². The highest BCUT2D eigenvalue weighted by atomic mass is 35.5. The Morgan fingerprint density at radius 3 is 2.59 bits per heavy atom. The number of nitrogens with zero attached hydrogens (tertiary/aromatic N) is 3. The number of alkyl halides is 1. The third-order valence-electron chi connectivity index (χ3n) is 5.82. The quantitative estimate of drug-likeness (QED) is 0.0841. The second-order valence-electron chi connectivity index (χ2n) is 8.95. The first-order valence-electron chi connectivity index (χ1n) is 12.9. The van der Waals surface area contributed by atoms with Gasteiger partial charge >= 0.3 is 0 Å². The van der Waals surface area contributed by atoms with Crippen LogP contribution in [0.4, 0.5) is 5.69 Å². The molecular formula is C31H39ClN4OS2. The molecule has 2 rings (SSSR count). The number of fused-ring (bicyclic) bond motifs is 1. The molecule has 0 bridgehead atoms.